The van der Waals surface area contributed by atoms with Crippen LogP contribution in [0, 0.1) is 0 Å². The first-order valence-electron chi connectivity index (χ1n) is 7.33. The number of anilines is 1. The molecule has 0 fully saturated rings. The first-order valence-corrected chi connectivity index (χ1v) is 8.24. The number of hydrogen-bond donors (Lipinski definition) is 2. The van der Waals surface area contributed by atoms with E-state index >= 15 is 0 Å². The fraction of sp³-hybridized carbons (Fsp3) is 0.235. The molecule has 5 nitrogen and oxygen atoms in total. The second-order valence-electron chi connectivity index (χ2n) is 5.24. The number of oxazole rings is 1. The lowest BCUT2D eigenvalue weighted by atomic mass is 10.2. The summed E-state index contributed by atoms with van der Waals surface area (Å²) in [5.74, 6) is 1.26. The predicted molar refractivity (Wildman–Crippen MR) is 96.2 cm³/mol. The molecule has 1 unspecified atom stereocenters. The Morgan fingerprint density at radius 3 is 2.83 bits per heavy atom. The summed E-state index contributed by atoms with van der Waals surface area (Å²) in [5, 5.41) is 13.1. The van der Waals surface area contributed by atoms with E-state index < -0.39 is 6.10 Å². The molecule has 0 aliphatic heterocycles. The van der Waals surface area contributed by atoms with E-state index in [2.05, 4.69) is 10.3 Å². The van der Waals surface area contributed by atoms with Crippen LogP contribution in [0.3, 0.4) is 0 Å². The Labute approximate surface area is 149 Å². The van der Waals surface area contributed by atoms with E-state index in [0.717, 1.165) is 11.3 Å². The third kappa shape index (κ3) is 3.59. The Morgan fingerprint density at radius 1 is 1.29 bits per heavy atom. The van der Waals surface area contributed by atoms with Gasteiger partial charge in [0.15, 0.2) is 5.58 Å². The Balaban J connectivity index is 1.87. The summed E-state index contributed by atoms with van der Waals surface area (Å²) in [6.07, 6.45) is -0.600. The predicted octanol–water partition coefficient (Wildman–Crippen LogP) is 4.17. The number of hydrogen-bond acceptors (Lipinski definition) is 5. The van der Waals surface area contributed by atoms with Crippen molar-refractivity contribution >= 4 is 40.0 Å². The number of aliphatic hydroxyl groups is 1. The maximum absolute atomic E-state index is 9.50. The van der Waals surface area contributed by atoms with Crippen LogP contribution in [0.2, 0.25) is 5.02 Å². The summed E-state index contributed by atoms with van der Waals surface area (Å²) < 4.78 is 10.9. The van der Waals surface area contributed by atoms with Crippen molar-refractivity contribution in [2.45, 2.75) is 6.10 Å². The highest BCUT2D eigenvalue weighted by Gasteiger charge is 2.11. The van der Waals surface area contributed by atoms with Crippen molar-refractivity contribution in [3.63, 3.8) is 0 Å². The van der Waals surface area contributed by atoms with Crippen LogP contribution in [0.25, 0.3) is 22.6 Å². The molecule has 0 amide bonds. The standard InChI is InChI=1S/C17H16Cl2N2O3/c1-23-15-4-2-10(6-13(15)19)17-21-14-7-11(3-5-16(14)24-17)20-9-12(22)8-18/h2-7,12,20,22H,8-9H2,1H3. The Hall–Kier alpha value is -1.95. The largest absolute Gasteiger partial charge is 0.495 e. The van der Waals surface area contributed by atoms with Crippen LogP contribution in [0.1, 0.15) is 0 Å². The van der Waals surface area contributed by atoms with E-state index in [1.54, 1.807) is 19.2 Å². The van der Waals surface area contributed by atoms with E-state index in [1.807, 2.05) is 24.3 Å². The van der Waals surface area contributed by atoms with Crippen LogP contribution in [-0.2, 0) is 0 Å². The van der Waals surface area contributed by atoms with Crippen molar-refractivity contribution in [2.75, 3.05) is 24.9 Å². The topological polar surface area (TPSA) is 67.5 Å². The van der Waals surface area contributed by atoms with Gasteiger partial charge in [-0.15, -0.1) is 11.6 Å². The van der Waals surface area contributed by atoms with E-state index in [9.17, 15) is 5.11 Å². The van der Waals surface area contributed by atoms with Gasteiger partial charge in [-0.05, 0) is 36.4 Å². The molecule has 2 aromatic carbocycles. The van der Waals surface area contributed by atoms with Crippen molar-refractivity contribution in [3.8, 4) is 17.2 Å². The number of methoxy groups -OCH3 is 1. The lowest BCUT2D eigenvalue weighted by Crippen LogP contribution is -2.20. The smallest absolute Gasteiger partial charge is 0.227 e. The summed E-state index contributed by atoms with van der Waals surface area (Å²) in [4.78, 5) is 4.49. The molecule has 1 heterocycles. The molecule has 1 aromatic heterocycles. The first-order chi connectivity index (χ1) is 11.6. The van der Waals surface area contributed by atoms with E-state index in [-0.39, 0.29) is 5.88 Å². The normalized spacial score (nSPS) is 12.3. The van der Waals surface area contributed by atoms with Gasteiger partial charge in [-0.3, -0.25) is 0 Å². The molecule has 126 valence electrons. The number of fused-ring (bicyclic) bond motifs is 1. The average molecular weight is 367 g/mol. The second kappa shape index (κ2) is 7.30. The number of ether oxygens (including phenoxy) is 1. The fourth-order valence-electron chi connectivity index (χ4n) is 2.25. The van der Waals surface area contributed by atoms with Gasteiger partial charge in [0.2, 0.25) is 5.89 Å². The molecule has 24 heavy (non-hydrogen) atoms. The Morgan fingerprint density at radius 2 is 2.12 bits per heavy atom. The average Bonchev–Trinajstić information content (AvgIpc) is 3.02. The number of alkyl halides is 1. The summed E-state index contributed by atoms with van der Waals surface area (Å²) in [6.45, 7) is 0.369. The SMILES string of the molecule is COc1ccc(-c2nc3cc(NCC(O)CCl)ccc3o2)cc1Cl. The second-order valence-corrected chi connectivity index (χ2v) is 5.96. The fourth-order valence-corrected chi connectivity index (χ4v) is 2.62. The summed E-state index contributed by atoms with van der Waals surface area (Å²) in [6, 6.07) is 10.9. The Bertz CT molecular complexity index is 851. The zero-order valence-corrected chi connectivity index (χ0v) is 14.4. The molecule has 0 saturated heterocycles. The highest BCUT2D eigenvalue weighted by molar-refractivity contribution is 6.32. The van der Waals surface area contributed by atoms with Crippen molar-refractivity contribution in [1.29, 1.82) is 0 Å². The molecule has 7 heteroatoms. The molecule has 1 atom stereocenters. The van der Waals surface area contributed by atoms with Crippen molar-refractivity contribution in [1.82, 2.24) is 4.98 Å². The number of nitrogens with one attached hydrogen (secondary N) is 1. The third-order valence-electron chi connectivity index (χ3n) is 3.51. The quantitative estimate of drug-likeness (QED) is 0.640. The van der Waals surface area contributed by atoms with Gasteiger partial charge in [0.05, 0.1) is 24.1 Å². The number of halogens is 2. The van der Waals surface area contributed by atoms with E-state index in [4.69, 9.17) is 32.4 Å². The summed E-state index contributed by atoms with van der Waals surface area (Å²) in [5.41, 5.74) is 2.98. The van der Waals surface area contributed by atoms with Crippen molar-refractivity contribution in [2.24, 2.45) is 0 Å². The number of nitrogens with zero attached hydrogens (tertiary/aromatic N) is 1. The van der Waals surface area contributed by atoms with Gasteiger partial charge in [-0.2, -0.15) is 0 Å². The highest BCUT2D eigenvalue weighted by atomic mass is 35.5. The van der Waals surface area contributed by atoms with Crippen LogP contribution in [-0.4, -0.2) is 35.7 Å². The molecule has 0 spiro atoms. The lowest BCUT2D eigenvalue weighted by molar-refractivity contribution is 0.211. The molecule has 3 aromatic rings. The molecular weight excluding hydrogens is 351 g/mol. The Kier molecular flexibility index (Phi) is 5.14. The van der Waals surface area contributed by atoms with Gasteiger partial charge in [0, 0.05) is 17.8 Å². The van der Waals surface area contributed by atoms with Gasteiger partial charge < -0.3 is 19.6 Å². The van der Waals surface area contributed by atoms with Crippen LogP contribution in [0.15, 0.2) is 40.8 Å². The third-order valence-corrected chi connectivity index (χ3v) is 4.16. The van der Waals surface area contributed by atoms with Crippen LogP contribution in [0.4, 0.5) is 5.69 Å². The molecule has 2 N–H and O–H groups in total. The van der Waals surface area contributed by atoms with Crippen LogP contribution < -0.4 is 10.1 Å². The van der Waals surface area contributed by atoms with E-state index in [1.165, 1.54) is 0 Å². The maximum atomic E-state index is 9.50. The van der Waals surface area contributed by atoms with Gasteiger partial charge in [0.25, 0.3) is 0 Å². The van der Waals surface area contributed by atoms with Gasteiger partial charge in [0.1, 0.15) is 11.3 Å². The van der Waals surface area contributed by atoms with E-state index in [0.29, 0.717) is 34.3 Å². The van der Waals surface area contributed by atoms with Crippen molar-refractivity contribution in [3.05, 3.63) is 41.4 Å². The number of aliphatic hydroxyl groups excluding tert-OH is 1. The van der Waals surface area contributed by atoms with Crippen LogP contribution in [0.5, 0.6) is 5.75 Å². The minimum atomic E-state index is -0.600. The molecule has 0 bridgehead atoms. The molecule has 0 saturated carbocycles. The number of benzene rings is 2. The zero-order valence-electron chi connectivity index (χ0n) is 12.9. The monoisotopic (exact) mass is 366 g/mol. The minimum Gasteiger partial charge on any atom is -0.495 e. The highest BCUT2D eigenvalue weighted by Crippen LogP contribution is 2.31. The molecule has 0 aliphatic rings. The maximum Gasteiger partial charge on any atom is 0.227 e. The zero-order chi connectivity index (χ0) is 17.1. The summed E-state index contributed by atoms with van der Waals surface area (Å²) >= 11 is 11.7. The lowest BCUT2D eigenvalue weighted by Gasteiger charge is -2.09. The van der Waals surface area contributed by atoms with Crippen molar-refractivity contribution < 1.29 is 14.3 Å². The van der Waals surface area contributed by atoms with Crippen LogP contribution >= 0.6 is 23.2 Å². The number of aromatic nitrogens is 1. The molecule has 0 aliphatic carbocycles. The van der Waals surface area contributed by atoms with Gasteiger partial charge >= 0.3 is 0 Å². The first kappa shape index (κ1) is 16.9. The molecule has 0 radical (unpaired) electrons. The summed E-state index contributed by atoms with van der Waals surface area (Å²) in [7, 11) is 1.57. The van der Waals surface area contributed by atoms with Gasteiger partial charge in [-0.25, -0.2) is 4.98 Å². The molecule has 3 rings (SSSR count). The van der Waals surface area contributed by atoms with Gasteiger partial charge in [-0.1, -0.05) is 11.6 Å². The minimum absolute atomic E-state index is 0.182. The number of rotatable bonds is 6. The molecular formula is C17H16Cl2N2O3.